The fraction of sp³-hybridized carbons (Fsp3) is 0.414. The van der Waals surface area contributed by atoms with Crippen LogP contribution in [0.3, 0.4) is 0 Å². The third-order valence-electron chi connectivity index (χ3n) is 7.92. The van der Waals surface area contributed by atoms with Crippen molar-refractivity contribution < 1.29 is 9.53 Å². The molecule has 2 aromatic heterocycles. The Morgan fingerprint density at radius 3 is 2.80 bits per heavy atom. The van der Waals surface area contributed by atoms with Crippen LogP contribution in [-0.4, -0.2) is 71.1 Å². The number of carbonyl (C=O) groups is 1. The number of H-pyrrole nitrogens is 2. The molecule has 2 aromatic carbocycles. The van der Waals surface area contributed by atoms with Gasteiger partial charge >= 0.3 is 0 Å². The number of morpholine rings is 1. The van der Waals surface area contributed by atoms with Gasteiger partial charge in [-0.25, -0.2) is 0 Å². The number of nitrogens with one attached hydrogen (secondary N) is 2. The van der Waals surface area contributed by atoms with Crippen LogP contribution < -0.4 is 0 Å². The first-order chi connectivity index (χ1) is 17.2. The molecule has 6 nitrogen and oxygen atoms in total. The highest BCUT2D eigenvalue weighted by molar-refractivity contribution is 5.98. The summed E-state index contributed by atoms with van der Waals surface area (Å²) in [4.78, 5) is 24.8. The van der Waals surface area contributed by atoms with E-state index in [4.69, 9.17) is 4.74 Å². The fourth-order valence-electron chi connectivity index (χ4n) is 5.91. The summed E-state index contributed by atoms with van der Waals surface area (Å²) in [6.45, 7) is 7.18. The molecule has 0 aliphatic carbocycles. The number of hydrogen-bond acceptors (Lipinski definition) is 3. The van der Waals surface area contributed by atoms with E-state index in [1.165, 1.54) is 34.9 Å². The molecule has 1 atom stereocenters. The Morgan fingerprint density at radius 2 is 1.91 bits per heavy atom. The molecule has 4 aromatic rings. The second-order valence-corrected chi connectivity index (χ2v) is 10.2. The number of aromatic nitrogens is 2. The van der Waals surface area contributed by atoms with Crippen LogP contribution in [0.4, 0.5) is 0 Å². The summed E-state index contributed by atoms with van der Waals surface area (Å²) in [5.41, 5.74) is 5.59. The molecule has 2 saturated heterocycles. The van der Waals surface area contributed by atoms with Crippen LogP contribution in [0.25, 0.3) is 21.8 Å². The van der Waals surface area contributed by atoms with Gasteiger partial charge in [0.25, 0.3) is 5.91 Å². The number of para-hydroxylation sites is 1. The molecule has 182 valence electrons. The Bertz CT molecular complexity index is 1330. The molecule has 6 heteroatoms. The molecule has 0 spiro atoms. The third kappa shape index (κ3) is 4.48. The van der Waals surface area contributed by atoms with E-state index in [2.05, 4.69) is 70.5 Å². The van der Waals surface area contributed by atoms with Crippen molar-refractivity contribution in [2.45, 2.75) is 38.1 Å². The van der Waals surface area contributed by atoms with E-state index in [9.17, 15) is 4.79 Å². The van der Waals surface area contributed by atoms with Crippen LogP contribution in [0.2, 0.25) is 0 Å². The summed E-state index contributed by atoms with van der Waals surface area (Å²) >= 11 is 0. The maximum Gasteiger partial charge on any atom is 0.270 e. The van der Waals surface area contributed by atoms with Crippen molar-refractivity contribution in [2.24, 2.45) is 0 Å². The number of benzene rings is 2. The molecule has 6 rings (SSSR count). The van der Waals surface area contributed by atoms with Gasteiger partial charge in [-0.05, 0) is 75.0 Å². The Labute approximate surface area is 206 Å². The smallest absolute Gasteiger partial charge is 0.270 e. The van der Waals surface area contributed by atoms with Gasteiger partial charge in [0, 0.05) is 41.1 Å². The van der Waals surface area contributed by atoms with Crippen LogP contribution in [0.1, 0.15) is 46.8 Å². The molecule has 0 radical (unpaired) electrons. The summed E-state index contributed by atoms with van der Waals surface area (Å²) in [5.74, 6) is 0.703. The average Bonchev–Trinajstić information content (AvgIpc) is 3.52. The zero-order chi connectivity index (χ0) is 23.8. The Morgan fingerprint density at radius 1 is 1.06 bits per heavy atom. The number of aryl methyl sites for hydroxylation is 1. The summed E-state index contributed by atoms with van der Waals surface area (Å²) in [6, 6.07) is 17.0. The van der Waals surface area contributed by atoms with E-state index in [0.29, 0.717) is 31.4 Å². The number of rotatable bonds is 5. The zero-order valence-corrected chi connectivity index (χ0v) is 20.4. The Hall–Kier alpha value is -3.09. The lowest BCUT2D eigenvalue weighted by molar-refractivity contribution is -0.00749. The molecule has 0 unspecified atom stereocenters. The van der Waals surface area contributed by atoms with Crippen molar-refractivity contribution >= 4 is 27.7 Å². The zero-order valence-electron chi connectivity index (χ0n) is 20.4. The van der Waals surface area contributed by atoms with Crippen LogP contribution in [-0.2, 0) is 4.74 Å². The molecule has 2 aliphatic rings. The second-order valence-electron chi connectivity index (χ2n) is 10.2. The average molecular weight is 471 g/mol. The number of hydrogen-bond donors (Lipinski definition) is 2. The van der Waals surface area contributed by atoms with E-state index >= 15 is 0 Å². The maximum atomic E-state index is 13.4. The highest BCUT2D eigenvalue weighted by atomic mass is 16.5. The molecular weight excluding hydrogens is 436 g/mol. The van der Waals surface area contributed by atoms with E-state index in [-0.39, 0.29) is 11.9 Å². The number of likely N-dealkylation sites (tertiary alicyclic amines) is 1. The van der Waals surface area contributed by atoms with Gasteiger partial charge in [-0.1, -0.05) is 29.8 Å². The van der Waals surface area contributed by atoms with Crippen LogP contribution in [0.5, 0.6) is 0 Å². The molecular formula is C29H34N4O2. The molecule has 0 saturated carbocycles. The van der Waals surface area contributed by atoms with Gasteiger partial charge in [0.15, 0.2) is 0 Å². The molecule has 35 heavy (non-hydrogen) atoms. The third-order valence-corrected chi connectivity index (χ3v) is 7.92. The molecule has 0 bridgehead atoms. The minimum Gasteiger partial charge on any atom is -0.377 e. The van der Waals surface area contributed by atoms with Crippen LogP contribution in [0, 0.1) is 6.92 Å². The summed E-state index contributed by atoms with van der Waals surface area (Å²) in [7, 11) is 0. The summed E-state index contributed by atoms with van der Waals surface area (Å²) < 4.78 is 5.79. The molecule has 2 N–H and O–H groups in total. The molecule has 2 fully saturated rings. The van der Waals surface area contributed by atoms with Crippen LogP contribution in [0.15, 0.2) is 54.7 Å². The van der Waals surface area contributed by atoms with E-state index < -0.39 is 0 Å². The van der Waals surface area contributed by atoms with Gasteiger partial charge in [0.05, 0.1) is 19.3 Å². The van der Waals surface area contributed by atoms with Gasteiger partial charge in [-0.3, -0.25) is 4.79 Å². The molecule has 1 amide bonds. The molecule has 4 heterocycles. The molecule has 2 aliphatic heterocycles. The number of aromatic amines is 2. The van der Waals surface area contributed by atoms with Crippen molar-refractivity contribution in [1.29, 1.82) is 0 Å². The monoisotopic (exact) mass is 470 g/mol. The number of amides is 1. The largest absolute Gasteiger partial charge is 0.377 e. The predicted molar refractivity (Wildman–Crippen MR) is 140 cm³/mol. The number of nitrogens with zero attached hydrogens (tertiary/aromatic N) is 2. The first-order valence-electron chi connectivity index (χ1n) is 12.9. The van der Waals surface area contributed by atoms with E-state index in [1.807, 2.05) is 11.0 Å². The van der Waals surface area contributed by atoms with Gasteiger partial charge < -0.3 is 24.5 Å². The lowest BCUT2D eigenvalue weighted by Gasteiger charge is -2.38. The van der Waals surface area contributed by atoms with E-state index in [1.54, 1.807) is 0 Å². The highest BCUT2D eigenvalue weighted by Crippen LogP contribution is 2.33. The van der Waals surface area contributed by atoms with Gasteiger partial charge in [-0.15, -0.1) is 0 Å². The minimum absolute atomic E-state index is 0.0881. The van der Waals surface area contributed by atoms with Gasteiger partial charge in [0.1, 0.15) is 5.69 Å². The number of ether oxygens (including phenoxy) is 1. The summed E-state index contributed by atoms with van der Waals surface area (Å²) in [6.07, 6.45) is 5.52. The van der Waals surface area contributed by atoms with Crippen molar-refractivity contribution in [3.8, 4) is 0 Å². The minimum atomic E-state index is 0.0881. The van der Waals surface area contributed by atoms with Gasteiger partial charge in [0.2, 0.25) is 0 Å². The number of piperidine rings is 1. The van der Waals surface area contributed by atoms with Gasteiger partial charge in [-0.2, -0.15) is 0 Å². The van der Waals surface area contributed by atoms with Crippen molar-refractivity contribution in [3.05, 3.63) is 71.5 Å². The number of carbonyl (C=O) groups excluding carboxylic acids is 1. The Kier molecular flexibility index (Phi) is 6.08. The summed E-state index contributed by atoms with van der Waals surface area (Å²) in [5, 5.41) is 2.46. The highest BCUT2D eigenvalue weighted by Gasteiger charge is 2.30. The van der Waals surface area contributed by atoms with Crippen LogP contribution >= 0.6 is 0 Å². The second kappa shape index (κ2) is 9.51. The quantitative estimate of drug-likeness (QED) is 0.428. The van der Waals surface area contributed by atoms with Crippen molar-refractivity contribution in [1.82, 2.24) is 19.8 Å². The Balaban J connectivity index is 1.07. The lowest BCUT2D eigenvalue weighted by atomic mass is 9.89. The van der Waals surface area contributed by atoms with Crippen molar-refractivity contribution in [3.63, 3.8) is 0 Å². The topological polar surface area (TPSA) is 64.4 Å². The normalized spacial score (nSPS) is 20.1. The van der Waals surface area contributed by atoms with Crippen molar-refractivity contribution in [2.75, 3.05) is 39.4 Å². The standard InChI is InChI=1S/C29H34N4O2/c1-20-6-7-26-22(16-20)17-28(31-26)29(34)33-14-15-35-19-23(33)10-13-32-11-8-21(9-12-32)25-18-30-27-5-3-2-4-24(25)27/h2-7,16-18,21,23,30-31H,8-15,19H2,1H3/t23-/m1/s1. The maximum absolute atomic E-state index is 13.4. The predicted octanol–water partition coefficient (Wildman–Crippen LogP) is 5.07. The van der Waals surface area contributed by atoms with E-state index in [0.717, 1.165) is 37.0 Å². The first-order valence-corrected chi connectivity index (χ1v) is 12.9. The fourth-order valence-corrected chi connectivity index (χ4v) is 5.91. The first kappa shape index (κ1) is 22.4. The lowest BCUT2D eigenvalue weighted by Crippen LogP contribution is -2.50. The number of fused-ring (bicyclic) bond motifs is 2. The SMILES string of the molecule is Cc1ccc2[nH]c(C(=O)N3CCOC[C@H]3CCN3CCC(c4c[nH]c5ccccc45)CC3)cc2c1.